The van der Waals surface area contributed by atoms with E-state index in [0.29, 0.717) is 23.0 Å². The van der Waals surface area contributed by atoms with Crippen molar-refractivity contribution >= 4 is 33.2 Å². The number of ether oxygens (including phenoxy) is 1. The summed E-state index contributed by atoms with van der Waals surface area (Å²) in [6, 6.07) is 21.0. The number of likely N-dealkylation sites (tertiary alicyclic amines) is 1. The summed E-state index contributed by atoms with van der Waals surface area (Å²) >= 11 is 6.18. The van der Waals surface area contributed by atoms with Gasteiger partial charge in [-0.25, -0.2) is 8.42 Å². The van der Waals surface area contributed by atoms with Crippen molar-refractivity contribution in [3.63, 3.8) is 0 Å². The topological polar surface area (TPSA) is 79.0 Å². The molecule has 2 heterocycles. The number of rotatable bonds is 7. The van der Waals surface area contributed by atoms with Gasteiger partial charge in [0.25, 0.3) is 15.9 Å². The molecule has 0 spiro atoms. The second-order valence-corrected chi connectivity index (χ2v) is 11.7. The van der Waals surface area contributed by atoms with Gasteiger partial charge in [-0.2, -0.15) is 0 Å². The van der Waals surface area contributed by atoms with Gasteiger partial charge in [-0.15, -0.1) is 0 Å². The van der Waals surface area contributed by atoms with Crippen molar-refractivity contribution in [1.82, 2.24) is 10.2 Å². The van der Waals surface area contributed by atoms with Crippen LogP contribution in [0.2, 0.25) is 5.02 Å². The van der Waals surface area contributed by atoms with E-state index in [1.54, 1.807) is 36.4 Å². The number of anilines is 1. The van der Waals surface area contributed by atoms with Gasteiger partial charge in [-0.3, -0.25) is 14.0 Å². The van der Waals surface area contributed by atoms with Gasteiger partial charge in [0.05, 0.1) is 17.1 Å². The van der Waals surface area contributed by atoms with Crippen LogP contribution in [0.4, 0.5) is 5.69 Å². The molecule has 5 rings (SSSR count). The number of halogens is 1. The number of nitrogens with one attached hydrogen (secondary N) is 1. The third kappa shape index (κ3) is 5.76. The minimum absolute atomic E-state index is 0.133. The highest BCUT2D eigenvalue weighted by molar-refractivity contribution is 7.92. The smallest absolute Gasteiger partial charge is 0.264 e. The summed E-state index contributed by atoms with van der Waals surface area (Å²) in [6.45, 7) is 3.20. The summed E-state index contributed by atoms with van der Waals surface area (Å²) in [5.41, 5.74) is 2.54. The van der Waals surface area contributed by atoms with Crippen LogP contribution < -0.4 is 14.4 Å². The minimum Gasteiger partial charge on any atom is -0.476 e. The van der Waals surface area contributed by atoms with Crippen molar-refractivity contribution in [2.75, 3.05) is 23.9 Å². The van der Waals surface area contributed by atoms with Crippen molar-refractivity contribution in [2.45, 2.75) is 43.4 Å². The third-order valence-corrected chi connectivity index (χ3v) is 8.86. The summed E-state index contributed by atoms with van der Waals surface area (Å²) in [4.78, 5) is 15.8. The van der Waals surface area contributed by atoms with E-state index in [0.717, 1.165) is 25.2 Å². The van der Waals surface area contributed by atoms with E-state index in [9.17, 15) is 13.2 Å². The molecular weight excluding hydrogens is 510 g/mol. The molecule has 3 aromatic carbocycles. The van der Waals surface area contributed by atoms with Crippen LogP contribution in [-0.4, -0.2) is 45.0 Å². The van der Waals surface area contributed by atoms with Gasteiger partial charge in [-0.1, -0.05) is 60.5 Å². The highest BCUT2D eigenvalue weighted by Gasteiger charge is 2.37. The van der Waals surface area contributed by atoms with Crippen molar-refractivity contribution in [3.8, 4) is 5.75 Å². The molecule has 194 valence electrons. The number of carbonyl (C=O) groups excluding carboxylic acids is 1. The normalized spacial score (nSPS) is 18.1. The standard InChI is InChI=1S/C28H30ClN3O4S/c29-23-13-14-26-25(17-23)32(37(34,35)24-11-3-1-4-12-24)20-27(36-26)28(33)30-18-21-9-5-6-10-22(21)19-31-15-7-2-8-16-31/h1,3-6,9-14,17,27H,2,7-8,15-16,18-20H2,(H,30,33). The third-order valence-electron chi connectivity index (χ3n) is 6.83. The average molecular weight is 540 g/mol. The van der Waals surface area contributed by atoms with E-state index in [4.69, 9.17) is 16.3 Å². The molecule has 0 aliphatic carbocycles. The molecule has 3 aromatic rings. The number of sulfonamides is 1. The number of fused-ring (bicyclic) bond motifs is 1. The molecule has 1 atom stereocenters. The van der Waals surface area contributed by atoms with Gasteiger partial charge in [0, 0.05) is 18.1 Å². The van der Waals surface area contributed by atoms with Gasteiger partial charge in [0.1, 0.15) is 5.75 Å². The number of benzene rings is 3. The SMILES string of the molecule is O=C(NCc1ccccc1CN1CCCCC1)C1CN(S(=O)(=O)c2ccccc2)c2cc(Cl)ccc2O1. The fraction of sp³-hybridized carbons (Fsp3) is 0.321. The molecule has 1 saturated heterocycles. The Morgan fingerprint density at radius 1 is 0.946 bits per heavy atom. The summed E-state index contributed by atoms with van der Waals surface area (Å²) < 4.78 is 34.2. The second kappa shape index (κ2) is 11.1. The Hall–Kier alpha value is -3.07. The van der Waals surface area contributed by atoms with Crippen LogP contribution in [0.1, 0.15) is 30.4 Å². The second-order valence-electron chi connectivity index (χ2n) is 9.39. The predicted octanol–water partition coefficient (Wildman–Crippen LogP) is 4.60. The molecule has 2 aliphatic heterocycles. The van der Waals surface area contributed by atoms with Crippen molar-refractivity contribution in [2.24, 2.45) is 0 Å². The highest BCUT2D eigenvalue weighted by Crippen LogP contribution is 2.38. The number of hydrogen-bond acceptors (Lipinski definition) is 5. The Kier molecular flexibility index (Phi) is 7.69. The molecule has 37 heavy (non-hydrogen) atoms. The Morgan fingerprint density at radius 2 is 1.65 bits per heavy atom. The zero-order valence-corrected chi connectivity index (χ0v) is 22.0. The highest BCUT2D eigenvalue weighted by atomic mass is 35.5. The lowest BCUT2D eigenvalue weighted by Gasteiger charge is -2.35. The minimum atomic E-state index is -3.94. The maximum atomic E-state index is 13.5. The van der Waals surface area contributed by atoms with Crippen molar-refractivity contribution in [3.05, 3.63) is 88.9 Å². The van der Waals surface area contributed by atoms with Crippen LogP contribution >= 0.6 is 11.6 Å². The van der Waals surface area contributed by atoms with Gasteiger partial charge < -0.3 is 10.1 Å². The first-order chi connectivity index (χ1) is 17.9. The zero-order valence-electron chi connectivity index (χ0n) is 20.5. The maximum Gasteiger partial charge on any atom is 0.264 e. The molecule has 1 fully saturated rings. The fourth-order valence-corrected chi connectivity index (χ4v) is 6.50. The van der Waals surface area contributed by atoms with Crippen LogP contribution in [0.25, 0.3) is 0 Å². The lowest BCUT2D eigenvalue weighted by atomic mass is 10.0. The molecule has 0 bridgehead atoms. The Labute approximate surface area is 223 Å². The fourth-order valence-electron chi connectivity index (χ4n) is 4.85. The molecule has 0 aromatic heterocycles. The molecular formula is C28H30ClN3O4S. The number of nitrogens with zero attached hydrogens (tertiary/aromatic N) is 2. The first-order valence-electron chi connectivity index (χ1n) is 12.5. The van der Waals surface area contributed by atoms with Gasteiger partial charge in [0.15, 0.2) is 6.10 Å². The van der Waals surface area contributed by atoms with Crippen LogP contribution in [0.5, 0.6) is 5.75 Å². The first-order valence-corrected chi connectivity index (χ1v) is 14.3. The van der Waals surface area contributed by atoms with E-state index in [2.05, 4.69) is 16.3 Å². The van der Waals surface area contributed by atoms with E-state index in [1.165, 1.54) is 41.3 Å². The quantitative estimate of drug-likeness (QED) is 0.475. The van der Waals surface area contributed by atoms with E-state index < -0.39 is 16.1 Å². The van der Waals surface area contributed by atoms with Crippen LogP contribution in [0.3, 0.4) is 0 Å². The molecule has 1 amide bonds. The van der Waals surface area contributed by atoms with E-state index in [1.807, 2.05) is 18.2 Å². The Bertz CT molecular complexity index is 1360. The first kappa shape index (κ1) is 25.6. The molecule has 1 N–H and O–H groups in total. The van der Waals surface area contributed by atoms with Gasteiger partial charge >= 0.3 is 0 Å². The molecule has 0 saturated carbocycles. The maximum absolute atomic E-state index is 13.5. The lowest BCUT2D eigenvalue weighted by Crippen LogP contribution is -2.50. The van der Waals surface area contributed by atoms with Crippen molar-refractivity contribution < 1.29 is 17.9 Å². The Balaban J connectivity index is 1.34. The average Bonchev–Trinajstić information content (AvgIpc) is 2.93. The monoisotopic (exact) mass is 539 g/mol. The molecule has 9 heteroatoms. The number of amides is 1. The van der Waals surface area contributed by atoms with Crippen LogP contribution in [-0.2, 0) is 27.9 Å². The number of hydrogen-bond donors (Lipinski definition) is 1. The van der Waals surface area contributed by atoms with Crippen LogP contribution in [0.15, 0.2) is 77.7 Å². The van der Waals surface area contributed by atoms with E-state index in [-0.39, 0.29) is 17.3 Å². The van der Waals surface area contributed by atoms with Crippen molar-refractivity contribution in [1.29, 1.82) is 0 Å². The predicted molar refractivity (Wildman–Crippen MR) is 144 cm³/mol. The largest absolute Gasteiger partial charge is 0.476 e. The van der Waals surface area contributed by atoms with Gasteiger partial charge in [0.2, 0.25) is 0 Å². The van der Waals surface area contributed by atoms with Gasteiger partial charge in [-0.05, 0) is 67.4 Å². The lowest BCUT2D eigenvalue weighted by molar-refractivity contribution is -0.127. The van der Waals surface area contributed by atoms with E-state index >= 15 is 0 Å². The summed E-state index contributed by atoms with van der Waals surface area (Å²) in [5, 5.41) is 3.35. The van der Waals surface area contributed by atoms with Crippen LogP contribution in [0, 0.1) is 0 Å². The molecule has 0 radical (unpaired) electrons. The summed E-state index contributed by atoms with van der Waals surface area (Å²) in [5.74, 6) is -0.0811. The zero-order chi connectivity index (χ0) is 25.8. The number of piperidine rings is 1. The molecule has 1 unspecified atom stereocenters. The summed E-state index contributed by atoms with van der Waals surface area (Å²) in [6.07, 6.45) is 2.70. The Morgan fingerprint density at radius 3 is 2.41 bits per heavy atom. The molecule has 2 aliphatic rings. The summed E-state index contributed by atoms with van der Waals surface area (Å²) in [7, 11) is -3.94. The molecule has 7 nitrogen and oxygen atoms in total. The number of carbonyl (C=O) groups is 1.